The van der Waals surface area contributed by atoms with Gasteiger partial charge >= 0.3 is 0 Å². The van der Waals surface area contributed by atoms with E-state index >= 15 is 0 Å². The second-order valence-corrected chi connectivity index (χ2v) is 3.22. The molecule has 0 aliphatic rings. The van der Waals surface area contributed by atoms with Gasteiger partial charge in [-0.3, -0.25) is 0 Å². The molecule has 0 aromatic rings. The van der Waals surface area contributed by atoms with Crippen molar-refractivity contribution in [3.8, 4) is 0 Å². The Bertz CT molecular complexity index is 285. The van der Waals surface area contributed by atoms with E-state index in [4.69, 9.17) is 0 Å². The largest absolute Gasteiger partial charge is 0.360 e. The lowest BCUT2D eigenvalue weighted by molar-refractivity contribution is 0.606. The molecule has 78 valence electrons. The molecular weight excluding hydrogens is 177 g/mol. The molecule has 1 nitrogen and oxygen atoms in total. The third kappa shape index (κ3) is 4.65. The van der Waals surface area contributed by atoms with Crippen LogP contribution in [0.2, 0.25) is 0 Å². The van der Waals surface area contributed by atoms with Crippen molar-refractivity contribution in [2.45, 2.75) is 27.2 Å². The summed E-state index contributed by atoms with van der Waals surface area (Å²) in [5.74, 6) is -0.134. The Hall–Kier alpha value is -1.31. The number of hydrogen-bond donors (Lipinski definition) is 1. The normalized spacial score (nSPS) is 13.3. The summed E-state index contributed by atoms with van der Waals surface area (Å²) < 4.78 is 13.0. The molecule has 2 heteroatoms. The number of halogens is 1. The quantitative estimate of drug-likeness (QED) is 0.657. The smallest absolute Gasteiger partial charge is 0.0998 e. The van der Waals surface area contributed by atoms with Gasteiger partial charge < -0.3 is 5.32 Å². The van der Waals surface area contributed by atoms with E-state index in [1.54, 1.807) is 13.0 Å². The van der Waals surface area contributed by atoms with Crippen LogP contribution in [-0.4, -0.2) is 0 Å². The zero-order chi connectivity index (χ0) is 11.1. The molecule has 0 spiro atoms. The van der Waals surface area contributed by atoms with Crippen LogP contribution in [0.3, 0.4) is 0 Å². The van der Waals surface area contributed by atoms with Crippen LogP contribution in [0.1, 0.15) is 27.2 Å². The summed E-state index contributed by atoms with van der Waals surface area (Å²) in [5.41, 5.74) is 2.56. The van der Waals surface area contributed by atoms with Crippen LogP contribution in [0, 0.1) is 0 Å². The lowest BCUT2D eigenvalue weighted by Gasteiger charge is -2.10. The predicted molar refractivity (Wildman–Crippen MR) is 60.3 cm³/mol. The summed E-state index contributed by atoms with van der Waals surface area (Å²) in [4.78, 5) is 0. The van der Waals surface area contributed by atoms with Crippen LogP contribution in [0.4, 0.5) is 4.39 Å². The van der Waals surface area contributed by atoms with Crippen molar-refractivity contribution < 1.29 is 4.39 Å². The van der Waals surface area contributed by atoms with Crippen molar-refractivity contribution in [1.29, 1.82) is 0 Å². The molecule has 0 radical (unpaired) electrons. The average molecular weight is 195 g/mol. The first-order valence-electron chi connectivity index (χ1n) is 4.56. The highest BCUT2D eigenvalue weighted by Crippen LogP contribution is 2.15. The second kappa shape index (κ2) is 6.19. The molecule has 0 unspecified atom stereocenters. The van der Waals surface area contributed by atoms with Crippen LogP contribution < -0.4 is 5.32 Å². The molecule has 0 saturated carbocycles. The van der Waals surface area contributed by atoms with E-state index in [0.717, 1.165) is 17.0 Å². The topological polar surface area (TPSA) is 12.0 Å². The van der Waals surface area contributed by atoms with Crippen molar-refractivity contribution in [2.75, 3.05) is 0 Å². The number of nitrogens with one attached hydrogen (secondary N) is 1. The molecule has 0 bridgehead atoms. The maximum Gasteiger partial charge on any atom is 0.0998 e. The van der Waals surface area contributed by atoms with E-state index in [1.165, 1.54) is 6.08 Å². The summed E-state index contributed by atoms with van der Waals surface area (Å²) in [6.07, 6.45) is 3.45. The van der Waals surface area contributed by atoms with E-state index in [0.29, 0.717) is 6.42 Å². The molecule has 1 N–H and O–H groups in total. The Morgan fingerprint density at radius 2 is 2.00 bits per heavy atom. The van der Waals surface area contributed by atoms with Crippen LogP contribution >= 0.6 is 0 Å². The zero-order valence-corrected chi connectivity index (χ0v) is 9.15. The molecule has 0 amide bonds. The Morgan fingerprint density at radius 1 is 1.43 bits per heavy atom. The van der Waals surface area contributed by atoms with E-state index < -0.39 is 0 Å². The first-order valence-corrected chi connectivity index (χ1v) is 4.56. The van der Waals surface area contributed by atoms with Crippen molar-refractivity contribution in [3.05, 3.63) is 48.1 Å². The molecule has 0 aliphatic carbocycles. The highest BCUT2D eigenvalue weighted by Gasteiger charge is 2.01. The van der Waals surface area contributed by atoms with Gasteiger partial charge in [0.1, 0.15) is 0 Å². The van der Waals surface area contributed by atoms with E-state index in [2.05, 4.69) is 18.5 Å². The summed E-state index contributed by atoms with van der Waals surface area (Å²) in [6, 6.07) is 0. The maximum atomic E-state index is 13.0. The third-order valence-corrected chi connectivity index (χ3v) is 1.76. The lowest BCUT2D eigenvalue weighted by atomic mass is 10.1. The molecule has 0 heterocycles. The Morgan fingerprint density at radius 3 is 2.36 bits per heavy atom. The van der Waals surface area contributed by atoms with Gasteiger partial charge in [-0.15, -0.1) is 0 Å². The third-order valence-electron chi connectivity index (χ3n) is 1.76. The number of rotatable bonds is 5. The minimum absolute atomic E-state index is 0.134. The highest BCUT2D eigenvalue weighted by molar-refractivity contribution is 5.26. The fraction of sp³-hybridized carbons (Fsp3) is 0.333. The Balaban J connectivity index is 4.66. The maximum absolute atomic E-state index is 13.0. The molecular formula is C12H18FN. The summed E-state index contributed by atoms with van der Waals surface area (Å²) in [7, 11) is 0. The Kier molecular flexibility index (Phi) is 5.61. The minimum atomic E-state index is -0.134. The molecule has 0 fully saturated rings. The van der Waals surface area contributed by atoms with Crippen LogP contribution in [0.5, 0.6) is 0 Å². The van der Waals surface area contributed by atoms with Gasteiger partial charge in [-0.1, -0.05) is 19.2 Å². The van der Waals surface area contributed by atoms with E-state index in [9.17, 15) is 4.39 Å². The molecule has 0 saturated heterocycles. The first-order chi connectivity index (χ1) is 6.51. The standard InChI is InChI=1S/C12H18FN/c1-6-11(13)8-10(5)12(7-2)14-9(3)4/h6-7,14H,2-3,8H2,1,4-5H3/b11-6+,12-10+. The second-order valence-electron chi connectivity index (χ2n) is 3.22. The average Bonchev–Trinajstić information content (AvgIpc) is 2.13. The van der Waals surface area contributed by atoms with Gasteiger partial charge in [-0.25, -0.2) is 4.39 Å². The molecule has 14 heavy (non-hydrogen) atoms. The molecule has 0 aromatic heterocycles. The summed E-state index contributed by atoms with van der Waals surface area (Å²) in [5, 5.41) is 3.03. The van der Waals surface area contributed by atoms with Gasteiger partial charge in [0.25, 0.3) is 0 Å². The molecule has 0 rings (SSSR count). The van der Waals surface area contributed by atoms with Gasteiger partial charge in [-0.05, 0) is 32.4 Å². The first kappa shape index (κ1) is 12.7. The predicted octanol–water partition coefficient (Wildman–Crippen LogP) is 3.83. The van der Waals surface area contributed by atoms with Gasteiger partial charge in [-0.2, -0.15) is 0 Å². The van der Waals surface area contributed by atoms with Gasteiger partial charge in [0, 0.05) is 17.8 Å². The highest BCUT2D eigenvalue weighted by atomic mass is 19.1. The molecule has 0 atom stereocenters. The van der Waals surface area contributed by atoms with Crippen molar-refractivity contribution in [1.82, 2.24) is 5.32 Å². The number of hydrogen-bond acceptors (Lipinski definition) is 1. The fourth-order valence-corrected chi connectivity index (χ4v) is 1.01. The van der Waals surface area contributed by atoms with Crippen molar-refractivity contribution in [2.24, 2.45) is 0 Å². The van der Waals surface area contributed by atoms with Crippen molar-refractivity contribution >= 4 is 0 Å². The summed E-state index contributed by atoms with van der Waals surface area (Å²) in [6.45, 7) is 12.8. The molecule has 0 aliphatic heterocycles. The van der Waals surface area contributed by atoms with Gasteiger partial charge in [0.05, 0.1) is 5.83 Å². The van der Waals surface area contributed by atoms with E-state index in [-0.39, 0.29) is 5.83 Å². The summed E-state index contributed by atoms with van der Waals surface area (Å²) >= 11 is 0. The van der Waals surface area contributed by atoms with Crippen molar-refractivity contribution in [3.63, 3.8) is 0 Å². The number of allylic oxidation sites excluding steroid dienone is 5. The lowest BCUT2D eigenvalue weighted by Crippen LogP contribution is -2.09. The van der Waals surface area contributed by atoms with Crippen LogP contribution in [-0.2, 0) is 0 Å². The Labute approximate surface area is 85.7 Å². The fourth-order valence-electron chi connectivity index (χ4n) is 1.01. The SMILES string of the molecule is C=C/C(NC(=C)C)=C(/C)C/C(F)=C\C. The minimum Gasteiger partial charge on any atom is -0.360 e. The van der Waals surface area contributed by atoms with Gasteiger partial charge in [0.15, 0.2) is 0 Å². The van der Waals surface area contributed by atoms with Gasteiger partial charge in [0.2, 0.25) is 0 Å². The molecule has 0 aromatic carbocycles. The van der Waals surface area contributed by atoms with E-state index in [1.807, 2.05) is 13.8 Å². The monoisotopic (exact) mass is 195 g/mol. The van der Waals surface area contributed by atoms with Crippen LogP contribution in [0.25, 0.3) is 0 Å². The van der Waals surface area contributed by atoms with Crippen LogP contribution in [0.15, 0.2) is 48.1 Å². The zero-order valence-electron chi connectivity index (χ0n) is 9.15.